The van der Waals surface area contributed by atoms with Crippen molar-refractivity contribution >= 4 is 38.5 Å². The van der Waals surface area contributed by atoms with Gasteiger partial charge in [0.15, 0.2) is 5.82 Å². The van der Waals surface area contributed by atoms with Gasteiger partial charge < -0.3 is 9.64 Å². The third kappa shape index (κ3) is 6.06. The normalized spacial score (nSPS) is 20.3. The van der Waals surface area contributed by atoms with Crippen LogP contribution < -0.4 is 4.74 Å². The number of halogens is 2. The first-order valence-corrected chi connectivity index (χ1v) is 17.4. The molecule has 2 saturated heterocycles. The van der Waals surface area contributed by atoms with E-state index in [4.69, 9.17) is 14.8 Å². The number of aromatic nitrogens is 3. The second kappa shape index (κ2) is 14.1. The van der Waals surface area contributed by atoms with Crippen molar-refractivity contribution in [2.45, 2.75) is 70.2 Å². The molecular weight excluding hydrogens is 648 g/mol. The lowest BCUT2D eigenvalue weighted by atomic mass is 9.90. The summed E-state index contributed by atoms with van der Waals surface area (Å²) in [6, 6.07) is 17.1. The number of hydrogen-bond acceptors (Lipinski definition) is 7. The van der Waals surface area contributed by atoms with Crippen LogP contribution in [0.5, 0.6) is 5.88 Å². The Morgan fingerprint density at radius 2 is 1.96 bits per heavy atom. The average molecular weight is 688 g/mol. The molecule has 260 valence electrons. The van der Waals surface area contributed by atoms with Gasteiger partial charge in [0, 0.05) is 41.0 Å². The molecule has 0 N–H and O–H groups in total. The van der Waals surface area contributed by atoms with Crippen LogP contribution in [0.3, 0.4) is 0 Å². The van der Waals surface area contributed by atoms with Crippen molar-refractivity contribution in [1.29, 1.82) is 10.5 Å². The number of rotatable bonds is 8. The molecule has 2 aliphatic heterocycles. The van der Waals surface area contributed by atoms with Crippen molar-refractivity contribution in [3.8, 4) is 29.1 Å². The maximum atomic E-state index is 17.3. The Morgan fingerprint density at radius 3 is 2.69 bits per heavy atom. The molecule has 4 atom stereocenters. The molecule has 2 aromatic heterocycles. The predicted octanol–water partition coefficient (Wildman–Crippen LogP) is 7.56. The fourth-order valence-electron chi connectivity index (χ4n) is 8.21. The van der Waals surface area contributed by atoms with Crippen molar-refractivity contribution in [3.05, 3.63) is 77.8 Å². The van der Waals surface area contributed by atoms with Crippen molar-refractivity contribution in [2.75, 3.05) is 26.8 Å². The maximum Gasteiger partial charge on any atom is 0.246 e. The number of aryl methyl sites for hydroxylation is 1. The first-order valence-electron chi connectivity index (χ1n) is 17.4. The van der Waals surface area contributed by atoms with Gasteiger partial charge >= 0.3 is 0 Å². The number of carbonyl (C=O) groups is 1. The third-order valence-corrected chi connectivity index (χ3v) is 10.6. The highest BCUT2D eigenvalue weighted by atomic mass is 19.1. The summed E-state index contributed by atoms with van der Waals surface area (Å²) in [7, 11) is 2.08. The lowest BCUT2D eigenvalue weighted by Gasteiger charge is -2.38. The summed E-state index contributed by atoms with van der Waals surface area (Å²) in [4.78, 5) is 21.7. The molecular formula is C40H39F2N7O2. The summed E-state index contributed by atoms with van der Waals surface area (Å²) in [5.74, 6) is -0.553. The lowest BCUT2D eigenvalue weighted by molar-refractivity contribution is -0.130. The van der Waals surface area contributed by atoms with E-state index in [9.17, 15) is 19.7 Å². The molecule has 51 heavy (non-hydrogen) atoms. The zero-order valence-electron chi connectivity index (χ0n) is 28.9. The highest BCUT2D eigenvalue weighted by Gasteiger charge is 2.34. The van der Waals surface area contributed by atoms with E-state index >= 15 is 4.39 Å². The van der Waals surface area contributed by atoms with E-state index in [2.05, 4.69) is 24.1 Å². The molecule has 1 amide bonds. The molecule has 2 fully saturated rings. The Bertz CT molecular complexity index is 2260. The van der Waals surface area contributed by atoms with Gasteiger partial charge in [-0.3, -0.25) is 14.4 Å². The first-order chi connectivity index (χ1) is 24.7. The molecule has 2 aliphatic rings. The second-order valence-corrected chi connectivity index (χ2v) is 13.7. The number of alkyl halides is 1. The molecule has 5 aromatic rings. The third-order valence-electron chi connectivity index (χ3n) is 10.6. The number of nitrogens with zero attached hydrogens (tertiary/aromatic N) is 7. The second-order valence-electron chi connectivity index (χ2n) is 13.7. The van der Waals surface area contributed by atoms with Crippen LogP contribution >= 0.6 is 0 Å². The summed E-state index contributed by atoms with van der Waals surface area (Å²) in [5.41, 5.74) is 2.91. The zero-order chi connectivity index (χ0) is 35.8. The van der Waals surface area contributed by atoms with E-state index in [0.29, 0.717) is 69.2 Å². The quantitative estimate of drug-likeness (QED) is 0.155. The molecule has 7 rings (SSSR count). The van der Waals surface area contributed by atoms with Crippen LogP contribution in [0.1, 0.15) is 56.2 Å². The number of allylic oxidation sites excluding steroid dienone is 1. The van der Waals surface area contributed by atoms with Crippen molar-refractivity contribution in [1.82, 2.24) is 24.6 Å². The van der Waals surface area contributed by atoms with Gasteiger partial charge in [-0.25, -0.2) is 13.8 Å². The minimum absolute atomic E-state index is 0.112. The minimum Gasteiger partial charge on any atom is -0.472 e. The molecule has 0 bridgehead atoms. The molecule has 0 aliphatic carbocycles. The van der Waals surface area contributed by atoms with Gasteiger partial charge in [0.2, 0.25) is 11.8 Å². The van der Waals surface area contributed by atoms with E-state index in [1.807, 2.05) is 54.9 Å². The fourth-order valence-corrected chi connectivity index (χ4v) is 8.21. The summed E-state index contributed by atoms with van der Waals surface area (Å²) in [5, 5.41) is 27.2. The van der Waals surface area contributed by atoms with Crippen LogP contribution in [0.25, 0.3) is 43.7 Å². The number of fused-ring (bicyclic) bond motifs is 4. The SMILES string of the molecule is Cc1cc2c(nc(O[C@@H](C)C3CCCN3C)c3cnn([C@H]4CCN(C(=O)/C=C/CF)[C@H](CC#N)C4)c32)c(F)c1-c1cccc2cccc(C#N)c12. The number of nitriles is 2. The van der Waals surface area contributed by atoms with Crippen LogP contribution in [0.4, 0.5) is 8.78 Å². The highest BCUT2D eigenvalue weighted by Crippen LogP contribution is 2.42. The number of benzene rings is 3. The number of likely N-dealkylation sites (N-methyl/N-ethyl adjacent to an activating group) is 1. The van der Waals surface area contributed by atoms with E-state index in [0.717, 1.165) is 24.8 Å². The van der Waals surface area contributed by atoms with Crippen molar-refractivity contribution in [3.63, 3.8) is 0 Å². The van der Waals surface area contributed by atoms with E-state index < -0.39 is 18.5 Å². The fraction of sp³-hybridized carbons (Fsp3) is 0.375. The number of piperidine rings is 1. The predicted molar refractivity (Wildman–Crippen MR) is 192 cm³/mol. The van der Waals surface area contributed by atoms with E-state index in [1.165, 1.54) is 12.2 Å². The average Bonchev–Trinajstić information content (AvgIpc) is 3.78. The van der Waals surface area contributed by atoms with Crippen LogP contribution in [-0.2, 0) is 4.79 Å². The Hall–Kier alpha value is -5.39. The number of pyridine rings is 1. The van der Waals surface area contributed by atoms with E-state index in [-0.39, 0.29) is 36.0 Å². The monoisotopic (exact) mass is 687 g/mol. The molecule has 9 nitrogen and oxygen atoms in total. The van der Waals surface area contributed by atoms with Gasteiger partial charge in [-0.15, -0.1) is 0 Å². The number of likely N-dealkylation sites (tertiary alicyclic amines) is 2. The maximum absolute atomic E-state index is 17.3. The van der Waals surface area contributed by atoms with Crippen molar-refractivity contribution in [2.24, 2.45) is 0 Å². The number of carbonyl (C=O) groups excluding carboxylic acids is 1. The van der Waals surface area contributed by atoms with Gasteiger partial charge in [0.25, 0.3) is 0 Å². The Labute approximate surface area is 295 Å². The van der Waals surface area contributed by atoms with Crippen LogP contribution in [-0.4, -0.2) is 75.5 Å². The molecule has 0 radical (unpaired) electrons. The Morgan fingerprint density at radius 1 is 1.16 bits per heavy atom. The summed E-state index contributed by atoms with van der Waals surface area (Å²) in [6.45, 7) is 4.45. The van der Waals surface area contributed by atoms with Gasteiger partial charge in [0.05, 0.1) is 47.3 Å². The first kappa shape index (κ1) is 34.1. The zero-order valence-corrected chi connectivity index (χ0v) is 28.9. The van der Waals surface area contributed by atoms with Gasteiger partial charge in [-0.1, -0.05) is 30.3 Å². The minimum atomic E-state index is -0.747. The number of amides is 1. The molecule has 3 aromatic carbocycles. The Balaban J connectivity index is 1.41. The largest absolute Gasteiger partial charge is 0.472 e. The van der Waals surface area contributed by atoms with Crippen LogP contribution in [0.15, 0.2) is 60.8 Å². The Kier molecular flexibility index (Phi) is 9.41. The van der Waals surface area contributed by atoms with E-state index in [1.54, 1.807) is 17.2 Å². The molecule has 1 unspecified atom stereocenters. The summed E-state index contributed by atoms with van der Waals surface area (Å²) < 4.78 is 38.6. The number of ether oxygens (including phenoxy) is 1. The van der Waals surface area contributed by atoms with Crippen LogP contribution in [0.2, 0.25) is 0 Å². The summed E-state index contributed by atoms with van der Waals surface area (Å²) >= 11 is 0. The smallest absolute Gasteiger partial charge is 0.246 e. The van der Waals surface area contributed by atoms with Gasteiger partial charge in [-0.05, 0) is 87.8 Å². The standard InChI is InChI=1S/C40H39F2N7O2/c1-24-20-31-38(37(42)35(24)30-11-5-9-26-8-4-10-27(22-44)36(26)30)46-40(51-25(2)33-12-7-18-47(33)3)32-23-45-49(39(31)32)29-15-19-48(28(21-29)14-17-43)34(50)13-6-16-41/h4-6,8-11,13,20,23,25,28-29,33H,7,12,14-16,18-19,21H2,1-3H3/b13-6+/t25-,28+,29-,33?/m0/s1. The topological polar surface area (TPSA) is 111 Å². The molecule has 0 spiro atoms. The molecule has 11 heteroatoms. The van der Waals surface area contributed by atoms with Gasteiger partial charge in [-0.2, -0.15) is 15.6 Å². The van der Waals surface area contributed by atoms with Crippen molar-refractivity contribution < 1.29 is 18.3 Å². The lowest BCUT2D eigenvalue weighted by Crippen LogP contribution is -2.46. The molecule has 4 heterocycles. The molecule has 0 saturated carbocycles. The highest BCUT2D eigenvalue weighted by molar-refractivity contribution is 6.09. The number of hydrogen-bond donors (Lipinski definition) is 0. The summed E-state index contributed by atoms with van der Waals surface area (Å²) in [6.07, 6.45) is 7.01. The van der Waals surface area contributed by atoms with Gasteiger partial charge in [0.1, 0.15) is 18.3 Å². The van der Waals surface area contributed by atoms with Crippen LogP contribution in [0, 0.1) is 35.4 Å².